The fourth-order valence-electron chi connectivity index (χ4n) is 3.54. The van der Waals surface area contributed by atoms with Crippen molar-refractivity contribution < 1.29 is 22.8 Å². The predicted octanol–water partition coefficient (Wildman–Crippen LogP) is 6.51. The molecule has 4 rings (SSSR count). The molecule has 0 fully saturated rings. The van der Waals surface area contributed by atoms with Crippen molar-refractivity contribution in [3.63, 3.8) is 0 Å². The van der Waals surface area contributed by atoms with Crippen LogP contribution in [0.4, 0.5) is 30.5 Å². The van der Waals surface area contributed by atoms with Gasteiger partial charge in [-0.2, -0.15) is 13.2 Å². The molecule has 188 valence electrons. The van der Waals surface area contributed by atoms with Crippen molar-refractivity contribution in [1.29, 1.82) is 0 Å². The van der Waals surface area contributed by atoms with Crippen LogP contribution in [-0.4, -0.2) is 28.8 Å². The lowest BCUT2D eigenvalue weighted by Gasteiger charge is -2.14. The Morgan fingerprint density at radius 1 is 0.972 bits per heavy atom. The molecule has 36 heavy (non-hydrogen) atoms. The second-order valence-corrected chi connectivity index (χ2v) is 8.03. The third-order valence-electron chi connectivity index (χ3n) is 5.32. The molecule has 0 spiro atoms. The summed E-state index contributed by atoms with van der Waals surface area (Å²) in [6, 6.07) is 12.4. The van der Waals surface area contributed by atoms with Crippen molar-refractivity contribution in [2.75, 3.05) is 23.0 Å². The van der Waals surface area contributed by atoms with E-state index in [0.717, 1.165) is 12.1 Å². The molecule has 0 bridgehead atoms. The molecule has 4 N–H and O–H groups in total. The number of hydrogen-bond donors (Lipinski definition) is 4. The predicted molar refractivity (Wildman–Crippen MR) is 136 cm³/mol. The Hall–Kier alpha value is -3.76. The van der Waals surface area contributed by atoms with E-state index in [1.807, 2.05) is 0 Å². The van der Waals surface area contributed by atoms with Crippen LogP contribution in [0.15, 0.2) is 54.6 Å². The van der Waals surface area contributed by atoms with Gasteiger partial charge in [0.2, 0.25) is 5.95 Å². The Balaban J connectivity index is 0.00000361. The van der Waals surface area contributed by atoms with E-state index in [0.29, 0.717) is 33.3 Å². The molecule has 0 aliphatic carbocycles. The van der Waals surface area contributed by atoms with Crippen LogP contribution in [-0.2, 0) is 6.18 Å². The van der Waals surface area contributed by atoms with Crippen LogP contribution in [0, 0.1) is 6.92 Å². The van der Waals surface area contributed by atoms with Crippen molar-refractivity contribution in [2.24, 2.45) is 0 Å². The van der Waals surface area contributed by atoms with Gasteiger partial charge in [0.25, 0.3) is 11.8 Å². The average Bonchev–Trinajstić information content (AvgIpc) is 3.24. The Morgan fingerprint density at radius 2 is 1.67 bits per heavy atom. The van der Waals surface area contributed by atoms with Crippen LogP contribution < -0.4 is 16.0 Å². The van der Waals surface area contributed by atoms with Crippen molar-refractivity contribution >= 4 is 64.2 Å². The average molecular weight is 538 g/mol. The zero-order chi connectivity index (χ0) is 25.3. The first-order valence-electron chi connectivity index (χ1n) is 10.3. The van der Waals surface area contributed by atoms with E-state index >= 15 is 0 Å². The van der Waals surface area contributed by atoms with Gasteiger partial charge < -0.3 is 20.9 Å². The number of nitrogens with one attached hydrogen (secondary N) is 4. The van der Waals surface area contributed by atoms with E-state index in [-0.39, 0.29) is 23.7 Å². The van der Waals surface area contributed by atoms with Crippen molar-refractivity contribution in [2.45, 2.75) is 13.1 Å². The summed E-state index contributed by atoms with van der Waals surface area (Å²) in [5.41, 5.74) is 0.439. The summed E-state index contributed by atoms with van der Waals surface area (Å²) in [5.74, 6) is -1.15. The number of carbonyl (C=O) groups is 2. The molecule has 0 saturated carbocycles. The van der Waals surface area contributed by atoms with Gasteiger partial charge in [0, 0.05) is 23.4 Å². The molecule has 7 nitrogen and oxygen atoms in total. The standard InChI is InChI=1S/C24H19ClF3N5O2.ClH/c1-12-17(25)8-5-9-18(12)31-22(35)15-10-13(11-19-20(15)33-23(29-2)32-19)30-21(34)14-6-3-4-7-16(14)24(26,27)28;/h3-11H,1-2H3,(H,30,34)(H,31,35)(H2,29,32,33);1H. The SMILES string of the molecule is CNc1nc2c(C(=O)Nc3cccc(Cl)c3C)cc(NC(=O)c3ccccc3C(F)(F)F)cc2[nH]1.Cl. The van der Waals surface area contributed by atoms with Gasteiger partial charge in [0.1, 0.15) is 5.52 Å². The number of hydrogen-bond acceptors (Lipinski definition) is 4. The van der Waals surface area contributed by atoms with Gasteiger partial charge in [-0.3, -0.25) is 9.59 Å². The third kappa shape index (κ3) is 5.39. The molecule has 0 radical (unpaired) electrons. The van der Waals surface area contributed by atoms with Gasteiger partial charge in [-0.15, -0.1) is 12.4 Å². The maximum Gasteiger partial charge on any atom is 0.417 e. The van der Waals surface area contributed by atoms with Crippen molar-refractivity contribution in [3.8, 4) is 0 Å². The number of fused-ring (bicyclic) bond motifs is 1. The minimum Gasteiger partial charge on any atom is -0.359 e. The molecule has 2 amide bonds. The number of anilines is 3. The molecule has 0 saturated heterocycles. The molecule has 0 atom stereocenters. The van der Waals surface area contributed by atoms with E-state index < -0.39 is 29.1 Å². The van der Waals surface area contributed by atoms with Gasteiger partial charge in [-0.25, -0.2) is 4.98 Å². The normalized spacial score (nSPS) is 11.1. The van der Waals surface area contributed by atoms with Crippen LogP contribution >= 0.6 is 24.0 Å². The highest BCUT2D eigenvalue weighted by Crippen LogP contribution is 2.33. The van der Waals surface area contributed by atoms with E-state index in [1.165, 1.54) is 24.3 Å². The van der Waals surface area contributed by atoms with Crippen molar-refractivity contribution in [1.82, 2.24) is 9.97 Å². The fourth-order valence-corrected chi connectivity index (χ4v) is 3.71. The van der Waals surface area contributed by atoms with E-state index in [9.17, 15) is 22.8 Å². The molecule has 0 unspecified atom stereocenters. The quantitative estimate of drug-likeness (QED) is 0.233. The first-order chi connectivity index (χ1) is 16.6. The van der Waals surface area contributed by atoms with Gasteiger partial charge in [-0.05, 0) is 48.9 Å². The van der Waals surface area contributed by atoms with Crippen molar-refractivity contribution in [3.05, 3.63) is 81.9 Å². The lowest BCUT2D eigenvalue weighted by atomic mass is 10.1. The van der Waals surface area contributed by atoms with Crippen LogP contribution in [0.2, 0.25) is 5.02 Å². The summed E-state index contributed by atoms with van der Waals surface area (Å²) < 4.78 is 40.1. The molecule has 1 aromatic heterocycles. The second kappa shape index (κ2) is 10.5. The van der Waals surface area contributed by atoms with Crippen LogP contribution in [0.5, 0.6) is 0 Å². The number of alkyl halides is 3. The molecule has 4 aromatic rings. The monoisotopic (exact) mass is 537 g/mol. The summed E-state index contributed by atoms with van der Waals surface area (Å²) in [4.78, 5) is 33.3. The molecular weight excluding hydrogens is 518 g/mol. The summed E-state index contributed by atoms with van der Waals surface area (Å²) >= 11 is 6.14. The summed E-state index contributed by atoms with van der Waals surface area (Å²) in [6.45, 7) is 1.75. The maximum absolute atomic E-state index is 13.4. The molecular formula is C24H20Cl2F3N5O2. The number of nitrogens with zero attached hydrogens (tertiary/aromatic N) is 1. The van der Waals surface area contributed by atoms with Gasteiger partial charge >= 0.3 is 6.18 Å². The van der Waals surface area contributed by atoms with Crippen LogP contribution in [0.25, 0.3) is 11.0 Å². The number of rotatable bonds is 5. The highest BCUT2D eigenvalue weighted by atomic mass is 35.5. The Morgan fingerprint density at radius 3 is 2.36 bits per heavy atom. The van der Waals surface area contributed by atoms with E-state index in [1.54, 1.807) is 32.2 Å². The highest BCUT2D eigenvalue weighted by molar-refractivity contribution is 6.31. The zero-order valence-electron chi connectivity index (χ0n) is 18.9. The van der Waals surface area contributed by atoms with Crippen LogP contribution in [0.3, 0.4) is 0 Å². The number of carbonyl (C=O) groups excluding carboxylic acids is 2. The minimum absolute atomic E-state index is 0. The number of aromatic amines is 1. The van der Waals surface area contributed by atoms with Crippen LogP contribution in [0.1, 0.15) is 31.8 Å². The Bertz CT molecular complexity index is 1450. The molecule has 0 aliphatic rings. The topological polar surface area (TPSA) is 98.9 Å². The third-order valence-corrected chi connectivity index (χ3v) is 5.73. The van der Waals surface area contributed by atoms with E-state index in [2.05, 4.69) is 25.9 Å². The molecule has 12 heteroatoms. The lowest BCUT2D eigenvalue weighted by molar-refractivity contribution is -0.137. The number of amides is 2. The Kier molecular flexibility index (Phi) is 7.80. The fraction of sp³-hybridized carbons (Fsp3) is 0.125. The smallest absolute Gasteiger partial charge is 0.359 e. The zero-order valence-corrected chi connectivity index (χ0v) is 20.5. The summed E-state index contributed by atoms with van der Waals surface area (Å²) in [5, 5.41) is 8.53. The van der Waals surface area contributed by atoms with Gasteiger partial charge in [-0.1, -0.05) is 29.8 Å². The summed E-state index contributed by atoms with van der Waals surface area (Å²) in [7, 11) is 1.63. The lowest BCUT2D eigenvalue weighted by Crippen LogP contribution is -2.19. The van der Waals surface area contributed by atoms with E-state index in [4.69, 9.17) is 11.6 Å². The number of imidazole rings is 1. The highest BCUT2D eigenvalue weighted by Gasteiger charge is 2.35. The molecule has 1 heterocycles. The molecule has 0 aliphatic heterocycles. The van der Waals surface area contributed by atoms with Gasteiger partial charge in [0.15, 0.2) is 0 Å². The Labute approximate surface area is 214 Å². The number of benzene rings is 3. The number of H-pyrrole nitrogens is 1. The second-order valence-electron chi connectivity index (χ2n) is 7.62. The maximum atomic E-state index is 13.4. The number of halogens is 5. The summed E-state index contributed by atoms with van der Waals surface area (Å²) in [6.07, 6.45) is -4.71. The first kappa shape index (κ1) is 26.8. The molecule has 3 aromatic carbocycles. The van der Waals surface area contributed by atoms with Gasteiger partial charge in [0.05, 0.1) is 22.2 Å². The largest absolute Gasteiger partial charge is 0.417 e. The first-order valence-corrected chi connectivity index (χ1v) is 10.7. The number of aromatic nitrogens is 2. The minimum atomic E-state index is -4.71.